The normalized spacial score (nSPS) is 11.6. The van der Waals surface area contributed by atoms with Crippen LogP contribution in [0.1, 0.15) is 5.56 Å². The summed E-state index contributed by atoms with van der Waals surface area (Å²) in [5.41, 5.74) is 0.649. The molecule has 0 atom stereocenters. The lowest BCUT2D eigenvalue weighted by atomic mass is 10.2. The van der Waals surface area contributed by atoms with Crippen LogP contribution in [0.2, 0.25) is 20.1 Å². The zero-order valence-corrected chi connectivity index (χ0v) is 14.2. The van der Waals surface area contributed by atoms with Gasteiger partial charge in [0.05, 0.1) is 14.9 Å². The van der Waals surface area contributed by atoms with Crippen molar-refractivity contribution in [3.8, 4) is 0 Å². The number of benzene rings is 2. The van der Waals surface area contributed by atoms with Crippen molar-refractivity contribution in [2.24, 2.45) is 0 Å². The third kappa shape index (κ3) is 4.49. The largest absolute Gasteiger partial charge is 0.240 e. The van der Waals surface area contributed by atoms with Crippen LogP contribution >= 0.6 is 46.4 Å². The van der Waals surface area contributed by atoms with Gasteiger partial charge in [0.25, 0.3) is 0 Å². The molecule has 2 aromatic rings. The van der Waals surface area contributed by atoms with Crippen molar-refractivity contribution in [3.63, 3.8) is 0 Å². The Morgan fingerprint density at radius 2 is 1.48 bits per heavy atom. The molecule has 112 valence electrons. The molecule has 2 rings (SSSR count). The van der Waals surface area contributed by atoms with Crippen molar-refractivity contribution in [2.45, 2.75) is 11.4 Å². The van der Waals surface area contributed by atoms with E-state index >= 15 is 0 Å². The highest BCUT2D eigenvalue weighted by molar-refractivity contribution is 7.89. The number of nitrogens with one attached hydrogen (secondary N) is 1. The Bertz CT molecular complexity index is 757. The van der Waals surface area contributed by atoms with Gasteiger partial charge in [-0.2, -0.15) is 0 Å². The summed E-state index contributed by atoms with van der Waals surface area (Å²) in [6.45, 7) is 0.0584. The van der Waals surface area contributed by atoms with E-state index in [-0.39, 0.29) is 21.5 Å². The predicted octanol–water partition coefficient (Wildman–Crippen LogP) is 4.78. The SMILES string of the molecule is O=S(=O)(NCc1cc(Cl)cc(Cl)c1)c1ccc(Cl)c(Cl)c1. The van der Waals surface area contributed by atoms with Crippen LogP contribution in [0.3, 0.4) is 0 Å². The number of rotatable bonds is 4. The molecular formula is C13H9Cl4NO2S. The molecule has 2 aromatic carbocycles. The zero-order valence-electron chi connectivity index (χ0n) is 10.4. The van der Waals surface area contributed by atoms with Crippen molar-refractivity contribution in [2.75, 3.05) is 0 Å². The van der Waals surface area contributed by atoms with Gasteiger partial charge >= 0.3 is 0 Å². The van der Waals surface area contributed by atoms with E-state index in [9.17, 15) is 8.42 Å². The highest BCUT2D eigenvalue weighted by Crippen LogP contribution is 2.25. The number of halogens is 4. The Balaban J connectivity index is 2.19. The summed E-state index contributed by atoms with van der Waals surface area (Å²) in [6, 6.07) is 8.92. The number of sulfonamides is 1. The molecule has 0 aliphatic rings. The number of hydrogen-bond donors (Lipinski definition) is 1. The molecule has 0 heterocycles. The van der Waals surface area contributed by atoms with Crippen molar-refractivity contribution >= 4 is 56.4 Å². The van der Waals surface area contributed by atoms with Crippen LogP contribution in [0.25, 0.3) is 0 Å². The van der Waals surface area contributed by atoms with Crippen LogP contribution in [0, 0.1) is 0 Å². The molecule has 0 saturated heterocycles. The van der Waals surface area contributed by atoms with Crippen LogP contribution < -0.4 is 4.72 Å². The Kier molecular flexibility index (Phi) is 5.41. The summed E-state index contributed by atoms with van der Waals surface area (Å²) >= 11 is 23.3. The lowest BCUT2D eigenvalue weighted by Crippen LogP contribution is -2.23. The van der Waals surface area contributed by atoms with Gasteiger partial charge < -0.3 is 0 Å². The fourth-order valence-electron chi connectivity index (χ4n) is 1.62. The fraction of sp³-hybridized carbons (Fsp3) is 0.0769. The standard InChI is InChI=1S/C13H9Cl4NO2S/c14-9-3-8(4-10(15)5-9)7-18-21(19,20)11-1-2-12(16)13(17)6-11/h1-6,18H,7H2. The van der Waals surface area contributed by atoms with Gasteiger partial charge in [-0.1, -0.05) is 46.4 Å². The maximum absolute atomic E-state index is 12.2. The summed E-state index contributed by atoms with van der Waals surface area (Å²) < 4.78 is 26.8. The summed E-state index contributed by atoms with van der Waals surface area (Å²) in [6.07, 6.45) is 0. The Hall–Kier alpha value is -0.490. The van der Waals surface area contributed by atoms with Gasteiger partial charge in [0.15, 0.2) is 0 Å². The first-order valence-corrected chi connectivity index (χ1v) is 8.67. The third-order valence-corrected chi connectivity index (χ3v) is 5.16. The molecule has 21 heavy (non-hydrogen) atoms. The molecule has 0 unspecified atom stereocenters. The summed E-state index contributed by atoms with van der Waals surface area (Å²) in [7, 11) is -3.70. The van der Waals surface area contributed by atoms with Crippen LogP contribution in [0.4, 0.5) is 0 Å². The lowest BCUT2D eigenvalue weighted by molar-refractivity contribution is 0.581. The monoisotopic (exact) mass is 383 g/mol. The van der Waals surface area contributed by atoms with Gasteiger partial charge in [0.1, 0.15) is 0 Å². The second kappa shape index (κ2) is 6.73. The first-order chi connectivity index (χ1) is 9.78. The molecule has 0 spiro atoms. The first kappa shape index (κ1) is 16.9. The molecule has 0 fully saturated rings. The first-order valence-electron chi connectivity index (χ1n) is 5.67. The zero-order chi connectivity index (χ0) is 15.6. The predicted molar refractivity (Wildman–Crippen MR) is 86.9 cm³/mol. The van der Waals surface area contributed by atoms with Crippen LogP contribution in [-0.2, 0) is 16.6 Å². The molecule has 3 nitrogen and oxygen atoms in total. The van der Waals surface area contributed by atoms with Gasteiger partial charge in [0, 0.05) is 16.6 Å². The van der Waals surface area contributed by atoms with E-state index in [0.717, 1.165) is 0 Å². The topological polar surface area (TPSA) is 46.2 Å². The highest BCUT2D eigenvalue weighted by Gasteiger charge is 2.15. The maximum atomic E-state index is 12.2. The average molecular weight is 385 g/mol. The summed E-state index contributed by atoms with van der Waals surface area (Å²) in [4.78, 5) is 0.0324. The second-order valence-electron chi connectivity index (χ2n) is 4.18. The Labute approximate surface area is 142 Å². The van der Waals surface area contributed by atoms with Gasteiger partial charge in [-0.25, -0.2) is 13.1 Å². The summed E-state index contributed by atoms with van der Waals surface area (Å²) in [5, 5.41) is 1.33. The molecular weight excluding hydrogens is 376 g/mol. The lowest BCUT2D eigenvalue weighted by Gasteiger charge is -2.08. The van der Waals surface area contributed by atoms with Crippen LogP contribution in [0.15, 0.2) is 41.3 Å². The van der Waals surface area contributed by atoms with E-state index in [1.807, 2.05) is 0 Å². The van der Waals surface area contributed by atoms with E-state index in [4.69, 9.17) is 46.4 Å². The van der Waals surface area contributed by atoms with E-state index in [0.29, 0.717) is 15.6 Å². The molecule has 0 saturated carbocycles. The second-order valence-corrected chi connectivity index (χ2v) is 7.63. The maximum Gasteiger partial charge on any atom is 0.240 e. The minimum Gasteiger partial charge on any atom is -0.207 e. The van der Waals surface area contributed by atoms with E-state index in [1.54, 1.807) is 18.2 Å². The van der Waals surface area contributed by atoms with Gasteiger partial charge in [-0.3, -0.25) is 0 Å². The highest BCUT2D eigenvalue weighted by atomic mass is 35.5. The molecule has 0 aliphatic carbocycles. The van der Waals surface area contributed by atoms with Crippen LogP contribution in [-0.4, -0.2) is 8.42 Å². The minimum atomic E-state index is -3.70. The van der Waals surface area contributed by atoms with Gasteiger partial charge in [0.2, 0.25) is 10.0 Å². The molecule has 0 radical (unpaired) electrons. The number of hydrogen-bond acceptors (Lipinski definition) is 2. The Morgan fingerprint density at radius 3 is 2.05 bits per heavy atom. The minimum absolute atomic E-state index is 0.0324. The van der Waals surface area contributed by atoms with Crippen molar-refractivity contribution in [3.05, 3.63) is 62.1 Å². The molecule has 0 bridgehead atoms. The van der Waals surface area contributed by atoms with E-state index in [2.05, 4.69) is 4.72 Å². The molecule has 0 aliphatic heterocycles. The molecule has 0 aromatic heterocycles. The van der Waals surface area contributed by atoms with Crippen molar-refractivity contribution < 1.29 is 8.42 Å². The fourth-order valence-corrected chi connectivity index (χ4v) is 3.60. The smallest absolute Gasteiger partial charge is 0.207 e. The molecule has 1 N–H and O–H groups in total. The average Bonchev–Trinajstić information content (AvgIpc) is 2.38. The quantitative estimate of drug-likeness (QED) is 0.824. The molecule has 8 heteroatoms. The van der Waals surface area contributed by atoms with E-state index in [1.165, 1.54) is 18.2 Å². The van der Waals surface area contributed by atoms with Crippen molar-refractivity contribution in [1.82, 2.24) is 4.72 Å². The van der Waals surface area contributed by atoms with Crippen molar-refractivity contribution in [1.29, 1.82) is 0 Å². The molecule has 0 amide bonds. The van der Waals surface area contributed by atoms with E-state index < -0.39 is 10.0 Å². The third-order valence-electron chi connectivity index (χ3n) is 2.59. The van der Waals surface area contributed by atoms with Gasteiger partial charge in [-0.05, 0) is 42.0 Å². The van der Waals surface area contributed by atoms with Crippen LogP contribution in [0.5, 0.6) is 0 Å². The Morgan fingerprint density at radius 1 is 0.857 bits per heavy atom. The van der Waals surface area contributed by atoms with Gasteiger partial charge in [-0.15, -0.1) is 0 Å². The summed E-state index contributed by atoms with van der Waals surface area (Å²) in [5.74, 6) is 0.